The molecule has 0 fully saturated rings. The topological polar surface area (TPSA) is 106 Å². The number of primary amides is 1. The Bertz CT molecular complexity index is 771. The summed E-state index contributed by atoms with van der Waals surface area (Å²) in [7, 11) is 0. The standard InChI is InChI=1S/C16H18BrN5O2/c1-9-13(15(18)24)14(10-4-6-11(17)7-5-10)22-16(19-9)20-12(21-22)3-2-8-23/h4-7,13-14,23H,1-3,8H2,(H2,18,24)(H,19,20,21)/t13-,14+/m0/s1. The van der Waals surface area contributed by atoms with Gasteiger partial charge in [-0.2, -0.15) is 10.1 Å². The van der Waals surface area contributed by atoms with Crippen LogP contribution in [-0.4, -0.2) is 32.4 Å². The lowest BCUT2D eigenvalue weighted by atomic mass is 9.89. The number of aryl methyl sites for hydroxylation is 1. The van der Waals surface area contributed by atoms with Gasteiger partial charge in [0.1, 0.15) is 5.92 Å². The Kier molecular flexibility index (Phi) is 4.68. The summed E-state index contributed by atoms with van der Waals surface area (Å²) >= 11 is 3.41. The number of aliphatic hydroxyl groups excluding tert-OH is 1. The number of hydrogen-bond acceptors (Lipinski definition) is 5. The first-order valence-electron chi connectivity index (χ1n) is 7.58. The van der Waals surface area contributed by atoms with E-state index in [1.54, 1.807) is 4.68 Å². The van der Waals surface area contributed by atoms with Crippen molar-refractivity contribution in [2.75, 3.05) is 11.9 Å². The van der Waals surface area contributed by atoms with Crippen molar-refractivity contribution in [3.05, 3.63) is 52.4 Å². The van der Waals surface area contributed by atoms with Gasteiger partial charge in [0.25, 0.3) is 0 Å². The molecule has 2 aromatic rings. The number of anilines is 1. The number of aliphatic hydroxyl groups is 1. The summed E-state index contributed by atoms with van der Waals surface area (Å²) < 4.78 is 2.62. The van der Waals surface area contributed by atoms with Gasteiger partial charge in [0.05, 0.1) is 6.04 Å². The first-order valence-corrected chi connectivity index (χ1v) is 8.37. The van der Waals surface area contributed by atoms with Gasteiger partial charge in [-0.15, -0.1) is 0 Å². The summed E-state index contributed by atoms with van der Waals surface area (Å²) in [6, 6.07) is 7.24. The van der Waals surface area contributed by atoms with Crippen molar-refractivity contribution in [1.29, 1.82) is 0 Å². The lowest BCUT2D eigenvalue weighted by Gasteiger charge is -2.32. The number of aromatic nitrogens is 3. The summed E-state index contributed by atoms with van der Waals surface area (Å²) in [6.07, 6.45) is 1.13. The summed E-state index contributed by atoms with van der Waals surface area (Å²) in [5.74, 6) is 0.0227. The lowest BCUT2D eigenvalue weighted by molar-refractivity contribution is -0.121. The zero-order chi connectivity index (χ0) is 17.3. The van der Waals surface area contributed by atoms with E-state index in [-0.39, 0.29) is 6.61 Å². The molecule has 2 heterocycles. The van der Waals surface area contributed by atoms with E-state index in [2.05, 4.69) is 37.9 Å². The largest absolute Gasteiger partial charge is 0.396 e. The molecule has 24 heavy (non-hydrogen) atoms. The van der Waals surface area contributed by atoms with Crippen LogP contribution in [0.15, 0.2) is 41.0 Å². The van der Waals surface area contributed by atoms with Crippen LogP contribution in [0.2, 0.25) is 0 Å². The van der Waals surface area contributed by atoms with E-state index in [0.717, 1.165) is 10.0 Å². The smallest absolute Gasteiger partial charge is 0.229 e. The first-order chi connectivity index (χ1) is 11.5. The molecule has 126 valence electrons. The minimum Gasteiger partial charge on any atom is -0.396 e. The SMILES string of the molecule is C=C1Nc2nc(CCCO)nn2[C@H](c2ccc(Br)cc2)[C@H]1C(N)=O. The predicted molar refractivity (Wildman–Crippen MR) is 93.2 cm³/mol. The number of fused-ring (bicyclic) bond motifs is 1. The monoisotopic (exact) mass is 391 g/mol. The molecule has 2 atom stereocenters. The summed E-state index contributed by atoms with van der Waals surface area (Å²) in [4.78, 5) is 16.5. The Morgan fingerprint density at radius 2 is 2.12 bits per heavy atom. The maximum Gasteiger partial charge on any atom is 0.229 e. The molecular formula is C16H18BrN5O2. The molecule has 0 spiro atoms. The van der Waals surface area contributed by atoms with Crippen molar-refractivity contribution in [2.45, 2.75) is 18.9 Å². The van der Waals surface area contributed by atoms with Crippen molar-refractivity contribution < 1.29 is 9.90 Å². The molecule has 1 amide bonds. The number of nitrogens with one attached hydrogen (secondary N) is 1. The summed E-state index contributed by atoms with van der Waals surface area (Å²) in [5, 5.41) is 16.5. The molecule has 0 radical (unpaired) electrons. The molecule has 8 heteroatoms. The van der Waals surface area contributed by atoms with E-state index in [0.29, 0.717) is 30.3 Å². The van der Waals surface area contributed by atoms with Gasteiger partial charge in [-0.05, 0) is 24.1 Å². The average Bonchev–Trinajstić information content (AvgIpc) is 2.94. The number of carbonyl (C=O) groups is 1. The number of amides is 1. The van der Waals surface area contributed by atoms with Crippen molar-refractivity contribution in [3.8, 4) is 0 Å². The molecule has 4 N–H and O–H groups in total. The molecule has 1 aromatic heterocycles. The molecule has 0 unspecified atom stereocenters. The van der Waals surface area contributed by atoms with Crippen LogP contribution >= 0.6 is 15.9 Å². The van der Waals surface area contributed by atoms with Gasteiger partial charge in [-0.1, -0.05) is 34.6 Å². The van der Waals surface area contributed by atoms with Crippen molar-refractivity contribution in [1.82, 2.24) is 14.8 Å². The van der Waals surface area contributed by atoms with Gasteiger partial charge in [-0.25, -0.2) is 4.68 Å². The van der Waals surface area contributed by atoms with Gasteiger partial charge in [-0.3, -0.25) is 4.79 Å². The van der Waals surface area contributed by atoms with Gasteiger partial charge >= 0.3 is 0 Å². The second-order valence-electron chi connectivity index (χ2n) is 5.65. The normalized spacial score (nSPS) is 19.7. The number of nitrogens with zero attached hydrogens (tertiary/aromatic N) is 3. The molecule has 0 bridgehead atoms. The van der Waals surface area contributed by atoms with E-state index < -0.39 is 17.9 Å². The summed E-state index contributed by atoms with van der Waals surface area (Å²) in [6.45, 7) is 4.01. The third-order valence-corrected chi connectivity index (χ3v) is 4.51. The second kappa shape index (κ2) is 6.74. The number of benzene rings is 1. The number of nitrogens with two attached hydrogens (primary N) is 1. The minimum absolute atomic E-state index is 0.0735. The van der Waals surface area contributed by atoms with Crippen LogP contribution in [0.25, 0.3) is 0 Å². The zero-order valence-corrected chi connectivity index (χ0v) is 14.5. The predicted octanol–water partition coefficient (Wildman–Crippen LogP) is 1.60. The molecule has 1 aromatic carbocycles. The second-order valence-corrected chi connectivity index (χ2v) is 6.57. The molecule has 0 aliphatic carbocycles. The Balaban J connectivity index is 2.07. The number of hydrogen-bond donors (Lipinski definition) is 3. The van der Waals surface area contributed by atoms with Crippen molar-refractivity contribution in [2.24, 2.45) is 11.7 Å². The average molecular weight is 392 g/mol. The van der Waals surface area contributed by atoms with Crippen molar-refractivity contribution in [3.63, 3.8) is 0 Å². The third kappa shape index (κ3) is 3.07. The van der Waals surface area contributed by atoms with Gasteiger partial charge in [0.15, 0.2) is 5.82 Å². The third-order valence-electron chi connectivity index (χ3n) is 3.98. The highest BCUT2D eigenvalue weighted by atomic mass is 79.9. The van der Waals surface area contributed by atoms with Crippen LogP contribution in [0.4, 0.5) is 5.95 Å². The van der Waals surface area contributed by atoms with Crippen LogP contribution in [0.3, 0.4) is 0 Å². The van der Waals surface area contributed by atoms with E-state index in [1.165, 1.54) is 0 Å². The van der Waals surface area contributed by atoms with Crippen LogP contribution in [0.5, 0.6) is 0 Å². The Hall–Kier alpha value is -2.19. The zero-order valence-electron chi connectivity index (χ0n) is 12.9. The summed E-state index contributed by atoms with van der Waals surface area (Å²) in [5.41, 5.74) is 7.01. The van der Waals surface area contributed by atoms with E-state index >= 15 is 0 Å². The molecule has 1 aliphatic rings. The van der Waals surface area contributed by atoms with Crippen LogP contribution in [0, 0.1) is 5.92 Å². The van der Waals surface area contributed by atoms with Gasteiger partial charge in [0, 0.05) is 23.2 Å². The maximum atomic E-state index is 12.0. The highest BCUT2D eigenvalue weighted by Crippen LogP contribution is 2.37. The fraction of sp³-hybridized carbons (Fsp3) is 0.312. The fourth-order valence-electron chi connectivity index (χ4n) is 2.86. The molecule has 0 saturated carbocycles. The Morgan fingerprint density at radius 1 is 1.42 bits per heavy atom. The van der Waals surface area contributed by atoms with Crippen molar-refractivity contribution >= 4 is 27.8 Å². The Labute approximate surface area is 147 Å². The van der Waals surface area contributed by atoms with E-state index in [9.17, 15) is 4.79 Å². The lowest BCUT2D eigenvalue weighted by Crippen LogP contribution is -2.40. The molecule has 7 nitrogen and oxygen atoms in total. The highest BCUT2D eigenvalue weighted by molar-refractivity contribution is 9.10. The molecule has 3 rings (SSSR count). The fourth-order valence-corrected chi connectivity index (χ4v) is 3.13. The van der Waals surface area contributed by atoms with E-state index in [1.807, 2.05) is 24.3 Å². The van der Waals surface area contributed by atoms with Crippen LogP contribution in [-0.2, 0) is 11.2 Å². The minimum atomic E-state index is -0.633. The first kappa shape index (κ1) is 16.7. The number of carbonyl (C=O) groups excluding carboxylic acids is 1. The van der Waals surface area contributed by atoms with Gasteiger partial charge < -0.3 is 16.2 Å². The van der Waals surface area contributed by atoms with Crippen LogP contribution < -0.4 is 11.1 Å². The number of halogens is 1. The molecular weight excluding hydrogens is 374 g/mol. The number of rotatable bonds is 5. The molecule has 1 aliphatic heterocycles. The Morgan fingerprint density at radius 3 is 2.75 bits per heavy atom. The maximum absolute atomic E-state index is 12.0. The quantitative estimate of drug-likeness (QED) is 0.717. The van der Waals surface area contributed by atoms with E-state index in [4.69, 9.17) is 10.8 Å². The molecule has 0 saturated heterocycles. The van der Waals surface area contributed by atoms with Crippen LogP contribution in [0.1, 0.15) is 23.9 Å². The highest BCUT2D eigenvalue weighted by Gasteiger charge is 2.38. The van der Waals surface area contributed by atoms with Gasteiger partial charge in [0.2, 0.25) is 11.9 Å².